The number of sulfone groups is 1. The van der Waals surface area contributed by atoms with Crippen LogP contribution >= 0.6 is 23.1 Å². The Balaban J connectivity index is 1.72. The van der Waals surface area contributed by atoms with Gasteiger partial charge in [-0.3, -0.25) is 10.1 Å². The van der Waals surface area contributed by atoms with E-state index >= 15 is 0 Å². The van der Waals surface area contributed by atoms with Gasteiger partial charge in [-0.1, -0.05) is 31.5 Å². The lowest BCUT2D eigenvalue weighted by atomic mass is 10.1. The molecule has 13 heteroatoms. The van der Waals surface area contributed by atoms with Crippen LogP contribution in [0.5, 0.6) is 5.75 Å². The smallest absolute Gasteiger partial charge is 0.379 e. The van der Waals surface area contributed by atoms with E-state index in [1.165, 1.54) is 42.7 Å². The number of nitriles is 1. The van der Waals surface area contributed by atoms with E-state index in [0.717, 1.165) is 0 Å². The highest BCUT2D eigenvalue weighted by atomic mass is 35.5. The average molecular weight is 521 g/mol. The van der Waals surface area contributed by atoms with Crippen LogP contribution in [-0.2, 0) is 14.6 Å². The maximum Gasteiger partial charge on any atom is 0.379 e. The summed E-state index contributed by atoms with van der Waals surface area (Å²) < 4.78 is 38.4. The number of nitrogens with one attached hydrogen (secondary N) is 1. The van der Waals surface area contributed by atoms with Crippen molar-refractivity contribution in [1.29, 1.82) is 5.26 Å². The van der Waals surface area contributed by atoms with Gasteiger partial charge in [0.2, 0.25) is 20.7 Å². The molecule has 3 rings (SSSR count). The van der Waals surface area contributed by atoms with Crippen LogP contribution < -0.4 is 10.1 Å². The molecule has 0 bridgehead atoms. The SMILES string of the molecule is CC(C)CS(=O)(=O)c1nsc(NC(=O)C(C#N)=Cc2ccc(OC(=O)c3ccco3)c(Cl)c2)n1. The zero-order chi connectivity index (χ0) is 24.9. The number of carbonyl (C=O) groups is 2. The highest BCUT2D eigenvalue weighted by Gasteiger charge is 2.23. The third-order valence-electron chi connectivity index (χ3n) is 4.02. The van der Waals surface area contributed by atoms with E-state index in [1.54, 1.807) is 19.9 Å². The molecular formula is C21H17ClN4O6S2. The Morgan fingerprint density at radius 1 is 1.35 bits per heavy atom. The lowest BCUT2D eigenvalue weighted by Gasteiger charge is -2.06. The summed E-state index contributed by atoms with van der Waals surface area (Å²) in [5, 5.41) is 11.4. The van der Waals surface area contributed by atoms with E-state index in [-0.39, 0.29) is 44.1 Å². The quantitative estimate of drug-likeness (QED) is 0.201. The second kappa shape index (κ2) is 10.6. The van der Waals surface area contributed by atoms with Crippen molar-refractivity contribution in [2.75, 3.05) is 11.1 Å². The van der Waals surface area contributed by atoms with E-state index in [4.69, 9.17) is 20.8 Å². The Morgan fingerprint density at radius 3 is 2.74 bits per heavy atom. The molecule has 0 atom stereocenters. The molecule has 0 aliphatic carbocycles. The number of aromatic nitrogens is 2. The van der Waals surface area contributed by atoms with Gasteiger partial charge < -0.3 is 9.15 Å². The normalized spacial score (nSPS) is 11.8. The lowest BCUT2D eigenvalue weighted by molar-refractivity contribution is -0.112. The Hall–Kier alpha value is -3.53. The summed E-state index contributed by atoms with van der Waals surface area (Å²) in [6.45, 7) is 3.50. The molecule has 1 N–H and O–H groups in total. The van der Waals surface area contributed by atoms with Crippen molar-refractivity contribution >= 4 is 56.1 Å². The predicted octanol–water partition coefficient (Wildman–Crippen LogP) is 3.98. The fourth-order valence-corrected chi connectivity index (χ4v) is 5.19. The Morgan fingerprint density at radius 2 is 2.12 bits per heavy atom. The number of ether oxygens (including phenoxy) is 1. The molecule has 176 valence electrons. The minimum absolute atomic E-state index is 0.000293. The molecule has 10 nitrogen and oxygen atoms in total. The Labute approximate surface area is 203 Å². The molecule has 0 saturated carbocycles. The van der Waals surface area contributed by atoms with Crippen LogP contribution in [0.1, 0.15) is 30.0 Å². The largest absolute Gasteiger partial charge is 0.457 e. The van der Waals surface area contributed by atoms with E-state index < -0.39 is 21.7 Å². The first kappa shape index (κ1) is 25.1. The van der Waals surface area contributed by atoms with Crippen molar-refractivity contribution in [1.82, 2.24) is 9.36 Å². The minimum Gasteiger partial charge on any atom is -0.457 e. The number of anilines is 1. The van der Waals surface area contributed by atoms with Gasteiger partial charge in [-0.15, -0.1) is 0 Å². The number of nitrogens with zero attached hydrogens (tertiary/aromatic N) is 3. The first-order valence-corrected chi connectivity index (χ1v) is 12.4. The molecule has 2 aromatic heterocycles. The van der Waals surface area contributed by atoms with Gasteiger partial charge in [-0.2, -0.15) is 14.6 Å². The topological polar surface area (TPSA) is 152 Å². The van der Waals surface area contributed by atoms with Gasteiger partial charge in [0.25, 0.3) is 11.1 Å². The van der Waals surface area contributed by atoms with E-state index in [0.29, 0.717) is 17.1 Å². The molecule has 0 radical (unpaired) electrons. The van der Waals surface area contributed by atoms with Crippen LogP contribution in [0.25, 0.3) is 6.08 Å². The number of benzene rings is 1. The lowest BCUT2D eigenvalue weighted by Crippen LogP contribution is -2.15. The van der Waals surface area contributed by atoms with Crippen molar-refractivity contribution in [3.63, 3.8) is 0 Å². The molecule has 0 spiro atoms. The summed E-state index contributed by atoms with van der Waals surface area (Å²) in [7, 11) is -3.68. The van der Waals surface area contributed by atoms with Gasteiger partial charge in [-0.25, -0.2) is 13.2 Å². The van der Waals surface area contributed by atoms with Gasteiger partial charge in [-0.05, 0) is 41.8 Å². The van der Waals surface area contributed by atoms with Crippen molar-refractivity contribution < 1.29 is 27.2 Å². The molecule has 1 amide bonds. The maximum absolute atomic E-state index is 12.5. The summed E-state index contributed by atoms with van der Waals surface area (Å²) in [4.78, 5) is 28.3. The molecule has 1 aromatic carbocycles. The summed E-state index contributed by atoms with van der Waals surface area (Å²) >= 11 is 6.85. The van der Waals surface area contributed by atoms with Gasteiger partial charge in [0, 0.05) is 11.5 Å². The van der Waals surface area contributed by atoms with Crippen molar-refractivity contribution in [2.24, 2.45) is 5.92 Å². The second-order valence-electron chi connectivity index (χ2n) is 7.24. The van der Waals surface area contributed by atoms with E-state index in [2.05, 4.69) is 14.7 Å². The zero-order valence-electron chi connectivity index (χ0n) is 17.8. The minimum atomic E-state index is -3.68. The summed E-state index contributed by atoms with van der Waals surface area (Å²) in [5.41, 5.74) is 0.0881. The highest BCUT2D eigenvalue weighted by Crippen LogP contribution is 2.27. The van der Waals surface area contributed by atoms with Gasteiger partial charge in [0.05, 0.1) is 17.0 Å². The molecule has 0 aliphatic heterocycles. The van der Waals surface area contributed by atoms with E-state index in [1.807, 2.05) is 0 Å². The summed E-state index contributed by atoms with van der Waals surface area (Å²) in [5.74, 6) is -1.73. The summed E-state index contributed by atoms with van der Waals surface area (Å²) in [6.07, 6.45) is 2.59. The molecule has 0 saturated heterocycles. The fraction of sp³-hybridized carbons (Fsp3) is 0.190. The maximum atomic E-state index is 12.5. The third kappa shape index (κ3) is 6.28. The average Bonchev–Trinajstić information content (AvgIpc) is 3.45. The number of hydrogen-bond donors (Lipinski definition) is 1. The van der Waals surface area contributed by atoms with Crippen molar-refractivity contribution in [2.45, 2.75) is 19.0 Å². The van der Waals surface area contributed by atoms with Gasteiger partial charge in [0.15, 0.2) is 0 Å². The highest BCUT2D eigenvalue weighted by molar-refractivity contribution is 7.91. The molecular weight excluding hydrogens is 504 g/mol. The summed E-state index contributed by atoms with van der Waals surface area (Å²) in [6, 6.07) is 9.03. The first-order chi connectivity index (χ1) is 16.1. The molecule has 3 aromatic rings. The molecule has 0 unspecified atom stereocenters. The van der Waals surface area contributed by atoms with E-state index in [9.17, 15) is 23.3 Å². The molecule has 2 heterocycles. The number of carbonyl (C=O) groups excluding carboxylic acids is 2. The van der Waals surface area contributed by atoms with Crippen LogP contribution in [-0.4, -0.2) is 35.4 Å². The zero-order valence-corrected chi connectivity index (χ0v) is 20.2. The number of amides is 1. The second-order valence-corrected chi connectivity index (χ2v) is 10.3. The predicted molar refractivity (Wildman–Crippen MR) is 124 cm³/mol. The van der Waals surface area contributed by atoms with Crippen molar-refractivity contribution in [3.05, 3.63) is 58.5 Å². The fourth-order valence-electron chi connectivity index (χ4n) is 2.61. The van der Waals surface area contributed by atoms with Crippen LogP contribution in [0.2, 0.25) is 5.02 Å². The Kier molecular flexibility index (Phi) is 7.83. The van der Waals surface area contributed by atoms with Crippen LogP contribution in [0.3, 0.4) is 0 Å². The van der Waals surface area contributed by atoms with Crippen LogP contribution in [0.15, 0.2) is 51.7 Å². The number of furan rings is 1. The van der Waals surface area contributed by atoms with Gasteiger partial charge >= 0.3 is 5.97 Å². The number of halogens is 1. The first-order valence-electron chi connectivity index (χ1n) is 9.64. The van der Waals surface area contributed by atoms with Crippen LogP contribution in [0.4, 0.5) is 5.13 Å². The molecule has 0 aliphatic rings. The van der Waals surface area contributed by atoms with Crippen LogP contribution in [0, 0.1) is 17.2 Å². The molecule has 34 heavy (non-hydrogen) atoms. The molecule has 0 fully saturated rings. The Bertz CT molecular complexity index is 1390. The number of rotatable bonds is 8. The third-order valence-corrected chi connectivity index (χ3v) is 6.90. The number of esters is 1. The number of hydrogen-bond acceptors (Lipinski definition) is 10. The van der Waals surface area contributed by atoms with Gasteiger partial charge in [0.1, 0.15) is 17.4 Å². The van der Waals surface area contributed by atoms with Crippen molar-refractivity contribution in [3.8, 4) is 11.8 Å². The monoisotopic (exact) mass is 520 g/mol. The standard InChI is InChI=1S/C21H17ClN4O6S2/c1-12(2)11-34(29,30)21-25-20(33-26-21)24-18(27)14(10-23)8-13-5-6-16(15(22)9-13)32-19(28)17-4-3-7-31-17/h3-9,12H,11H2,1-2H3,(H,24,25,26,27).